The Hall–Kier alpha value is -1.82. The Morgan fingerprint density at radius 2 is 2.26 bits per heavy atom. The zero-order valence-corrected chi connectivity index (χ0v) is 12.0. The van der Waals surface area contributed by atoms with E-state index in [1.54, 1.807) is 17.6 Å². The fraction of sp³-hybridized carbons (Fsp3) is 0.385. The standard InChI is InChI=1S/C13H18N4OS/c1-3-14-13(15-8-11-6-7-18-17-11)16-9-12-5-4-10(2)19-12/h4-7H,3,8-9H2,1-2H3,(H2,14,15,16). The molecule has 0 aliphatic carbocycles. The average molecular weight is 278 g/mol. The van der Waals surface area contributed by atoms with Crippen LogP contribution >= 0.6 is 11.3 Å². The van der Waals surface area contributed by atoms with Crippen LogP contribution in [-0.2, 0) is 13.1 Å². The molecule has 2 rings (SSSR count). The third-order valence-electron chi connectivity index (χ3n) is 2.46. The van der Waals surface area contributed by atoms with E-state index in [1.165, 1.54) is 9.75 Å². The first kappa shape index (κ1) is 13.6. The summed E-state index contributed by atoms with van der Waals surface area (Å²) in [4.78, 5) is 7.07. The predicted molar refractivity (Wildman–Crippen MR) is 77.2 cm³/mol. The lowest BCUT2D eigenvalue weighted by molar-refractivity contribution is 0.412. The van der Waals surface area contributed by atoms with Gasteiger partial charge in [0.25, 0.3) is 0 Å². The zero-order valence-electron chi connectivity index (χ0n) is 11.1. The lowest BCUT2D eigenvalue weighted by atomic mass is 10.4. The summed E-state index contributed by atoms with van der Waals surface area (Å²) in [6, 6.07) is 6.07. The minimum atomic E-state index is 0.509. The van der Waals surface area contributed by atoms with Crippen molar-refractivity contribution < 1.29 is 4.52 Å². The Balaban J connectivity index is 1.89. The van der Waals surface area contributed by atoms with Gasteiger partial charge < -0.3 is 15.2 Å². The van der Waals surface area contributed by atoms with Crippen molar-refractivity contribution >= 4 is 17.3 Å². The molecule has 6 heteroatoms. The van der Waals surface area contributed by atoms with Gasteiger partial charge in [-0.1, -0.05) is 5.16 Å². The van der Waals surface area contributed by atoms with Crippen LogP contribution in [0.15, 0.2) is 34.0 Å². The maximum Gasteiger partial charge on any atom is 0.191 e. The van der Waals surface area contributed by atoms with Gasteiger partial charge >= 0.3 is 0 Å². The highest BCUT2D eigenvalue weighted by molar-refractivity contribution is 7.11. The summed E-state index contributed by atoms with van der Waals surface area (Å²) in [5.74, 6) is 0.788. The Bertz CT molecular complexity index is 518. The molecule has 0 radical (unpaired) electrons. The number of hydrogen-bond acceptors (Lipinski definition) is 4. The molecular formula is C13H18N4OS. The first-order valence-electron chi connectivity index (χ1n) is 6.24. The summed E-state index contributed by atoms with van der Waals surface area (Å²) in [6.07, 6.45) is 1.56. The number of aliphatic imine (C=N–C) groups is 1. The number of nitrogens with one attached hydrogen (secondary N) is 2. The number of guanidine groups is 1. The van der Waals surface area contributed by atoms with E-state index in [9.17, 15) is 0 Å². The van der Waals surface area contributed by atoms with Gasteiger partial charge in [-0.2, -0.15) is 0 Å². The predicted octanol–water partition coefficient (Wildman–Crippen LogP) is 2.30. The molecule has 0 saturated carbocycles. The molecular weight excluding hydrogens is 260 g/mol. The number of aryl methyl sites for hydroxylation is 1. The van der Waals surface area contributed by atoms with E-state index in [1.807, 2.05) is 13.0 Å². The molecule has 2 N–H and O–H groups in total. The number of rotatable bonds is 5. The molecule has 5 nitrogen and oxygen atoms in total. The molecule has 0 unspecified atom stereocenters. The quantitative estimate of drug-likeness (QED) is 0.651. The Morgan fingerprint density at radius 3 is 2.89 bits per heavy atom. The monoisotopic (exact) mass is 278 g/mol. The molecule has 0 amide bonds. The van der Waals surface area contributed by atoms with E-state index >= 15 is 0 Å². The Kier molecular flexibility index (Phi) is 4.97. The number of aromatic nitrogens is 1. The highest BCUT2D eigenvalue weighted by Gasteiger charge is 2.01. The minimum absolute atomic E-state index is 0.509. The van der Waals surface area contributed by atoms with Crippen LogP contribution in [0, 0.1) is 6.92 Å². The highest BCUT2D eigenvalue weighted by Crippen LogP contribution is 2.14. The van der Waals surface area contributed by atoms with Crippen molar-refractivity contribution in [3.63, 3.8) is 0 Å². The molecule has 0 aliphatic heterocycles. The molecule has 0 aliphatic rings. The lowest BCUT2D eigenvalue weighted by Crippen LogP contribution is -2.36. The van der Waals surface area contributed by atoms with E-state index in [0.29, 0.717) is 6.54 Å². The summed E-state index contributed by atoms with van der Waals surface area (Å²) in [5.41, 5.74) is 0.823. The van der Waals surface area contributed by atoms with Crippen LogP contribution in [0.3, 0.4) is 0 Å². The van der Waals surface area contributed by atoms with Gasteiger partial charge in [0, 0.05) is 22.4 Å². The van der Waals surface area contributed by atoms with Crippen LogP contribution in [0.1, 0.15) is 22.4 Å². The molecule has 2 aromatic rings. The van der Waals surface area contributed by atoms with Gasteiger partial charge in [-0.15, -0.1) is 11.3 Å². The van der Waals surface area contributed by atoms with Gasteiger partial charge in [0.2, 0.25) is 0 Å². The summed E-state index contributed by atoms with van der Waals surface area (Å²) in [7, 11) is 0. The van der Waals surface area contributed by atoms with Crippen molar-refractivity contribution in [2.45, 2.75) is 26.9 Å². The molecule has 0 saturated heterocycles. The summed E-state index contributed by atoms with van der Waals surface area (Å²) >= 11 is 1.79. The SMILES string of the molecule is CCNC(=NCc1ccon1)NCc1ccc(C)s1. The van der Waals surface area contributed by atoms with E-state index < -0.39 is 0 Å². The maximum atomic E-state index is 4.78. The second-order valence-electron chi connectivity index (χ2n) is 4.05. The third-order valence-corrected chi connectivity index (χ3v) is 3.46. The van der Waals surface area contributed by atoms with E-state index in [0.717, 1.165) is 24.7 Å². The molecule has 0 fully saturated rings. The average Bonchev–Trinajstić information content (AvgIpc) is 3.04. The first-order valence-corrected chi connectivity index (χ1v) is 7.06. The van der Waals surface area contributed by atoms with Crippen molar-refractivity contribution in [3.8, 4) is 0 Å². The Labute approximate surface area is 116 Å². The van der Waals surface area contributed by atoms with Gasteiger partial charge in [-0.25, -0.2) is 4.99 Å². The van der Waals surface area contributed by atoms with Crippen molar-refractivity contribution in [2.24, 2.45) is 4.99 Å². The fourth-order valence-corrected chi connectivity index (χ4v) is 2.40. The van der Waals surface area contributed by atoms with Gasteiger partial charge in [-0.3, -0.25) is 0 Å². The van der Waals surface area contributed by atoms with E-state index in [2.05, 4.69) is 39.8 Å². The van der Waals surface area contributed by atoms with Crippen LogP contribution in [0.4, 0.5) is 0 Å². The van der Waals surface area contributed by atoms with E-state index in [4.69, 9.17) is 4.52 Å². The summed E-state index contributed by atoms with van der Waals surface area (Å²) in [5, 5.41) is 10.3. The molecule has 19 heavy (non-hydrogen) atoms. The van der Waals surface area contributed by atoms with Gasteiger partial charge in [0.1, 0.15) is 12.0 Å². The van der Waals surface area contributed by atoms with Crippen LogP contribution in [0.25, 0.3) is 0 Å². The number of nitrogens with zero attached hydrogens (tertiary/aromatic N) is 2. The smallest absolute Gasteiger partial charge is 0.191 e. The molecule has 2 aromatic heterocycles. The second kappa shape index (κ2) is 6.94. The summed E-state index contributed by atoms with van der Waals surface area (Å²) in [6.45, 7) is 6.27. The molecule has 0 spiro atoms. The molecule has 0 aromatic carbocycles. The van der Waals surface area contributed by atoms with Crippen LogP contribution in [0.2, 0.25) is 0 Å². The molecule has 0 bridgehead atoms. The van der Waals surface area contributed by atoms with Crippen molar-refractivity contribution in [2.75, 3.05) is 6.54 Å². The minimum Gasteiger partial charge on any atom is -0.364 e. The van der Waals surface area contributed by atoms with Crippen LogP contribution < -0.4 is 10.6 Å². The van der Waals surface area contributed by atoms with Crippen molar-refractivity contribution in [1.29, 1.82) is 0 Å². The second-order valence-corrected chi connectivity index (χ2v) is 5.42. The van der Waals surface area contributed by atoms with Crippen LogP contribution in [-0.4, -0.2) is 17.7 Å². The molecule has 102 valence electrons. The normalized spacial score (nSPS) is 11.6. The number of thiophene rings is 1. The molecule has 2 heterocycles. The molecule has 0 atom stereocenters. The van der Waals surface area contributed by atoms with Gasteiger partial charge in [-0.05, 0) is 26.0 Å². The fourth-order valence-electron chi connectivity index (χ4n) is 1.57. The first-order chi connectivity index (χ1) is 9.28. The van der Waals surface area contributed by atoms with Gasteiger partial charge in [0.15, 0.2) is 5.96 Å². The topological polar surface area (TPSA) is 62.5 Å². The van der Waals surface area contributed by atoms with Crippen molar-refractivity contribution in [1.82, 2.24) is 15.8 Å². The summed E-state index contributed by atoms with van der Waals surface area (Å²) < 4.78 is 4.78. The van der Waals surface area contributed by atoms with E-state index in [-0.39, 0.29) is 0 Å². The largest absolute Gasteiger partial charge is 0.364 e. The highest BCUT2D eigenvalue weighted by atomic mass is 32.1. The van der Waals surface area contributed by atoms with Gasteiger partial charge in [0.05, 0.1) is 13.1 Å². The number of hydrogen-bond donors (Lipinski definition) is 2. The van der Waals surface area contributed by atoms with Crippen molar-refractivity contribution in [3.05, 3.63) is 39.9 Å². The lowest BCUT2D eigenvalue weighted by Gasteiger charge is -2.09. The maximum absolute atomic E-state index is 4.78. The zero-order chi connectivity index (χ0) is 13.5. The third kappa shape index (κ3) is 4.40. The Morgan fingerprint density at radius 1 is 1.37 bits per heavy atom. The van der Waals surface area contributed by atoms with Crippen LogP contribution in [0.5, 0.6) is 0 Å².